The Kier molecular flexibility index (Phi) is 2.38. The van der Waals surface area contributed by atoms with Crippen molar-refractivity contribution in [3.05, 3.63) is 24.2 Å². The Morgan fingerprint density at radius 2 is 2.46 bits per heavy atom. The molecule has 72 valence electrons. The van der Waals surface area contributed by atoms with E-state index in [0.29, 0.717) is 12.0 Å². The molecular formula is C10H16N2O. The van der Waals surface area contributed by atoms with Crippen molar-refractivity contribution in [3.63, 3.8) is 0 Å². The van der Waals surface area contributed by atoms with E-state index in [1.54, 1.807) is 12.5 Å². The summed E-state index contributed by atoms with van der Waals surface area (Å²) in [5.41, 5.74) is 7.17. The highest BCUT2D eigenvalue weighted by Crippen LogP contribution is 2.17. The second kappa shape index (κ2) is 3.52. The van der Waals surface area contributed by atoms with E-state index in [2.05, 4.69) is 11.8 Å². The highest BCUT2D eigenvalue weighted by molar-refractivity contribution is 5.05. The van der Waals surface area contributed by atoms with Gasteiger partial charge in [0.05, 0.1) is 12.5 Å². The van der Waals surface area contributed by atoms with Crippen LogP contribution in [-0.2, 0) is 6.54 Å². The molecule has 13 heavy (non-hydrogen) atoms. The van der Waals surface area contributed by atoms with E-state index >= 15 is 0 Å². The number of hydrogen-bond donors (Lipinski definition) is 1. The van der Waals surface area contributed by atoms with E-state index in [0.717, 1.165) is 19.6 Å². The third-order valence-electron chi connectivity index (χ3n) is 2.73. The molecule has 1 saturated heterocycles. The summed E-state index contributed by atoms with van der Waals surface area (Å²) in [7, 11) is 0. The number of nitrogens with two attached hydrogens (primary N) is 1. The molecule has 0 aliphatic carbocycles. The van der Waals surface area contributed by atoms with Crippen LogP contribution in [0.1, 0.15) is 12.5 Å². The Morgan fingerprint density at radius 3 is 3.00 bits per heavy atom. The van der Waals surface area contributed by atoms with Crippen LogP contribution >= 0.6 is 0 Å². The van der Waals surface area contributed by atoms with Gasteiger partial charge < -0.3 is 10.2 Å². The predicted octanol–water partition coefficient (Wildman–Crippen LogP) is 1.06. The van der Waals surface area contributed by atoms with Gasteiger partial charge in [-0.15, -0.1) is 0 Å². The van der Waals surface area contributed by atoms with Crippen LogP contribution < -0.4 is 5.73 Å². The topological polar surface area (TPSA) is 42.4 Å². The summed E-state index contributed by atoms with van der Waals surface area (Å²) in [5.74, 6) is 0.618. The quantitative estimate of drug-likeness (QED) is 0.740. The van der Waals surface area contributed by atoms with Crippen LogP contribution in [-0.4, -0.2) is 24.0 Å². The summed E-state index contributed by atoms with van der Waals surface area (Å²) < 4.78 is 5.02. The zero-order chi connectivity index (χ0) is 9.26. The number of nitrogens with zero attached hydrogens (tertiary/aromatic N) is 1. The lowest BCUT2D eigenvalue weighted by atomic mass is 10.1. The molecule has 2 heterocycles. The van der Waals surface area contributed by atoms with Crippen LogP contribution in [0.5, 0.6) is 0 Å². The zero-order valence-electron chi connectivity index (χ0n) is 7.94. The van der Waals surface area contributed by atoms with Crippen molar-refractivity contribution < 1.29 is 4.42 Å². The van der Waals surface area contributed by atoms with Crippen LogP contribution in [0.4, 0.5) is 0 Å². The highest BCUT2D eigenvalue weighted by Gasteiger charge is 2.26. The van der Waals surface area contributed by atoms with Gasteiger partial charge in [0.15, 0.2) is 0 Å². The molecule has 1 aromatic heterocycles. The van der Waals surface area contributed by atoms with Gasteiger partial charge in [-0.3, -0.25) is 4.90 Å². The minimum absolute atomic E-state index is 0.340. The monoisotopic (exact) mass is 180 g/mol. The first-order valence-corrected chi connectivity index (χ1v) is 4.74. The van der Waals surface area contributed by atoms with Crippen molar-refractivity contribution in [2.24, 2.45) is 11.7 Å². The van der Waals surface area contributed by atoms with Gasteiger partial charge in [-0.1, -0.05) is 6.92 Å². The van der Waals surface area contributed by atoms with Crippen LogP contribution in [0, 0.1) is 5.92 Å². The molecule has 0 saturated carbocycles. The van der Waals surface area contributed by atoms with Crippen LogP contribution in [0.2, 0.25) is 0 Å². The fraction of sp³-hybridized carbons (Fsp3) is 0.600. The second-order valence-corrected chi connectivity index (χ2v) is 3.97. The maximum Gasteiger partial charge on any atom is 0.0947 e. The summed E-state index contributed by atoms with van der Waals surface area (Å²) >= 11 is 0. The molecule has 2 N–H and O–H groups in total. The minimum Gasteiger partial charge on any atom is -0.472 e. The highest BCUT2D eigenvalue weighted by atomic mass is 16.3. The van der Waals surface area contributed by atoms with Crippen molar-refractivity contribution in [1.29, 1.82) is 0 Å². The van der Waals surface area contributed by atoms with Gasteiger partial charge in [0.25, 0.3) is 0 Å². The molecule has 0 radical (unpaired) electrons. The first-order chi connectivity index (χ1) is 6.25. The normalized spacial score (nSPS) is 29.7. The zero-order valence-corrected chi connectivity index (χ0v) is 7.94. The number of likely N-dealkylation sites (tertiary alicyclic amines) is 1. The maximum absolute atomic E-state index is 5.93. The standard InChI is InChI=1S/C10H16N2O/c1-8-4-12(6-10(8)11)5-9-2-3-13-7-9/h2-3,7-8,10H,4-6,11H2,1H3. The molecular weight excluding hydrogens is 164 g/mol. The minimum atomic E-state index is 0.340. The molecule has 1 aliphatic rings. The lowest BCUT2D eigenvalue weighted by molar-refractivity contribution is 0.317. The Labute approximate surface area is 78.5 Å². The fourth-order valence-corrected chi connectivity index (χ4v) is 1.87. The fourth-order valence-electron chi connectivity index (χ4n) is 1.87. The van der Waals surface area contributed by atoms with Crippen molar-refractivity contribution in [3.8, 4) is 0 Å². The van der Waals surface area contributed by atoms with Gasteiger partial charge in [-0.05, 0) is 12.0 Å². The van der Waals surface area contributed by atoms with Crippen LogP contribution in [0.3, 0.4) is 0 Å². The van der Waals surface area contributed by atoms with E-state index in [-0.39, 0.29) is 0 Å². The molecule has 3 heteroatoms. The average Bonchev–Trinajstić information content (AvgIpc) is 2.64. The summed E-state index contributed by atoms with van der Waals surface area (Å²) in [6.07, 6.45) is 3.52. The molecule has 0 aromatic carbocycles. The maximum atomic E-state index is 5.93. The summed E-state index contributed by atoms with van der Waals surface area (Å²) in [6.45, 7) is 5.28. The van der Waals surface area contributed by atoms with E-state index in [1.807, 2.05) is 6.07 Å². The van der Waals surface area contributed by atoms with Gasteiger partial charge >= 0.3 is 0 Å². The van der Waals surface area contributed by atoms with Gasteiger partial charge in [-0.2, -0.15) is 0 Å². The lowest BCUT2D eigenvalue weighted by Crippen LogP contribution is -2.28. The smallest absolute Gasteiger partial charge is 0.0947 e. The average molecular weight is 180 g/mol. The Hall–Kier alpha value is -0.800. The summed E-state index contributed by atoms with van der Waals surface area (Å²) in [6, 6.07) is 2.35. The molecule has 2 rings (SSSR count). The van der Waals surface area contributed by atoms with E-state index in [4.69, 9.17) is 10.2 Å². The first-order valence-electron chi connectivity index (χ1n) is 4.74. The number of rotatable bonds is 2. The Balaban J connectivity index is 1.91. The van der Waals surface area contributed by atoms with Gasteiger partial charge in [-0.25, -0.2) is 0 Å². The molecule has 3 nitrogen and oxygen atoms in total. The van der Waals surface area contributed by atoms with E-state index < -0.39 is 0 Å². The number of hydrogen-bond acceptors (Lipinski definition) is 3. The molecule has 2 atom stereocenters. The second-order valence-electron chi connectivity index (χ2n) is 3.97. The van der Waals surface area contributed by atoms with Gasteiger partial charge in [0.2, 0.25) is 0 Å². The van der Waals surface area contributed by atoms with Crippen molar-refractivity contribution >= 4 is 0 Å². The van der Waals surface area contributed by atoms with Gasteiger partial charge in [0.1, 0.15) is 0 Å². The Morgan fingerprint density at radius 1 is 1.62 bits per heavy atom. The Bertz CT molecular complexity index is 248. The molecule has 2 unspecified atom stereocenters. The van der Waals surface area contributed by atoms with Crippen molar-refractivity contribution in [2.45, 2.75) is 19.5 Å². The molecule has 1 fully saturated rings. The van der Waals surface area contributed by atoms with Crippen LogP contribution in [0.15, 0.2) is 23.0 Å². The van der Waals surface area contributed by atoms with Crippen molar-refractivity contribution in [1.82, 2.24) is 4.90 Å². The van der Waals surface area contributed by atoms with Crippen molar-refractivity contribution in [2.75, 3.05) is 13.1 Å². The third kappa shape index (κ3) is 1.92. The third-order valence-corrected chi connectivity index (χ3v) is 2.73. The number of furan rings is 1. The van der Waals surface area contributed by atoms with E-state index in [1.165, 1.54) is 5.56 Å². The van der Waals surface area contributed by atoms with Gasteiger partial charge in [0, 0.05) is 31.2 Å². The summed E-state index contributed by atoms with van der Waals surface area (Å²) in [4.78, 5) is 2.38. The molecule has 0 amide bonds. The molecule has 0 spiro atoms. The largest absolute Gasteiger partial charge is 0.472 e. The first kappa shape index (κ1) is 8.78. The van der Waals surface area contributed by atoms with E-state index in [9.17, 15) is 0 Å². The molecule has 0 bridgehead atoms. The predicted molar refractivity (Wildman–Crippen MR) is 51.1 cm³/mol. The molecule has 1 aromatic rings. The van der Waals surface area contributed by atoms with Crippen LogP contribution in [0.25, 0.3) is 0 Å². The summed E-state index contributed by atoms with van der Waals surface area (Å²) in [5, 5.41) is 0. The SMILES string of the molecule is CC1CN(Cc2ccoc2)CC1N. The molecule has 1 aliphatic heterocycles. The lowest BCUT2D eigenvalue weighted by Gasteiger charge is -2.13.